The summed E-state index contributed by atoms with van der Waals surface area (Å²) in [5.74, 6) is 5.50. The maximum Gasteiger partial charge on any atom is 0.338 e. The molecular formula is C16H16N2O3. The van der Waals surface area contributed by atoms with Crippen molar-refractivity contribution in [3.63, 3.8) is 0 Å². The fourth-order valence-corrected chi connectivity index (χ4v) is 1.98. The third-order valence-corrected chi connectivity index (χ3v) is 2.93. The minimum absolute atomic E-state index is 0.0717. The van der Waals surface area contributed by atoms with E-state index in [1.807, 2.05) is 12.1 Å². The van der Waals surface area contributed by atoms with Gasteiger partial charge in [0.25, 0.3) is 0 Å². The number of methoxy groups -OCH3 is 1. The highest BCUT2D eigenvalue weighted by Gasteiger charge is 2.12. The Labute approximate surface area is 122 Å². The number of amides is 1. The Kier molecular flexibility index (Phi) is 4.62. The zero-order chi connectivity index (χ0) is 15.2. The van der Waals surface area contributed by atoms with E-state index in [1.165, 1.54) is 14.0 Å². The number of aromatic amines is 1. The molecule has 0 fully saturated rings. The summed E-state index contributed by atoms with van der Waals surface area (Å²) in [5.41, 5.74) is 2.06. The van der Waals surface area contributed by atoms with Gasteiger partial charge in [-0.15, -0.1) is 0 Å². The number of hydrogen-bond acceptors (Lipinski definition) is 3. The van der Waals surface area contributed by atoms with E-state index in [9.17, 15) is 9.59 Å². The van der Waals surface area contributed by atoms with Crippen molar-refractivity contribution in [2.24, 2.45) is 0 Å². The quantitative estimate of drug-likeness (QED) is 0.513. The Morgan fingerprint density at radius 2 is 2.19 bits per heavy atom. The van der Waals surface area contributed by atoms with Crippen LogP contribution in [0.25, 0.3) is 10.9 Å². The lowest BCUT2D eigenvalue weighted by atomic mass is 10.1. The minimum atomic E-state index is -0.388. The molecule has 0 bridgehead atoms. The van der Waals surface area contributed by atoms with Crippen molar-refractivity contribution in [1.82, 2.24) is 10.3 Å². The first-order chi connectivity index (χ1) is 10.1. The molecule has 0 spiro atoms. The van der Waals surface area contributed by atoms with E-state index < -0.39 is 0 Å². The van der Waals surface area contributed by atoms with Crippen LogP contribution in [0.3, 0.4) is 0 Å². The van der Waals surface area contributed by atoms with Gasteiger partial charge in [-0.25, -0.2) is 4.79 Å². The lowest BCUT2D eigenvalue weighted by molar-refractivity contribution is -0.118. The van der Waals surface area contributed by atoms with Crippen LogP contribution in [0.1, 0.15) is 29.3 Å². The fraction of sp³-hybridized carbons (Fsp3) is 0.250. The standard InChI is InChI=1S/C16H16N2O3/c1-11(19)17-7-4-3-5-12-9-14(16(20)21-2)13-6-8-18-15(13)10-12/h6,8-10,18H,4,7H2,1-2H3,(H,17,19). The van der Waals surface area contributed by atoms with Gasteiger partial charge >= 0.3 is 5.97 Å². The molecule has 0 aliphatic rings. The van der Waals surface area contributed by atoms with Gasteiger partial charge < -0.3 is 15.0 Å². The van der Waals surface area contributed by atoms with Crippen molar-refractivity contribution in [2.45, 2.75) is 13.3 Å². The van der Waals surface area contributed by atoms with Crippen LogP contribution in [-0.4, -0.2) is 30.5 Å². The molecule has 2 aromatic rings. The predicted octanol–water partition coefficient (Wildman–Crippen LogP) is 1.83. The average molecular weight is 284 g/mol. The molecule has 2 N–H and O–H groups in total. The van der Waals surface area contributed by atoms with Crippen LogP contribution in [0.2, 0.25) is 0 Å². The minimum Gasteiger partial charge on any atom is -0.465 e. The molecule has 5 heteroatoms. The van der Waals surface area contributed by atoms with Crippen LogP contribution in [-0.2, 0) is 9.53 Å². The first-order valence-electron chi connectivity index (χ1n) is 6.54. The van der Waals surface area contributed by atoms with Crippen molar-refractivity contribution in [3.05, 3.63) is 35.5 Å². The molecule has 0 radical (unpaired) electrons. The summed E-state index contributed by atoms with van der Waals surface area (Å²) in [5, 5.41) is 3.49. The molecule has 0 aliphatic heterocycles. The molecule has 21 heavy (non-hydrogen) atoms. The van der Waals surface area contributed by atoms with E-state index in [4.69, 9.17) is 4.74 Å². The molecule has 1 heterocycles. The number of aromatic nitrogens is 1. The monoisotopic (exact) mass is 284 g/mol. The summed E-state index contributed by atoms with van der Waals surface area (Å²) in [4.78, 5) is 25.6. The second-order valence-electron chi connectivity index (χ2n) is 4.49. The van der Waals surface area contributed by atoms with Crippen molar-refractivity contribution in [1.29, 1.82) is 0 Å². The number of H-pyrrole nitrogens is 1. The Bertz CT molecular complexity index is 735. The highest BCUT2D eigenvalue weighted by molar-refractivity contribution is 6.04. The van der Waals surface area contributed by atoms with Gasteiger partial charge in [0.2, 0.25) is 5.91 Å². The number of esters is 1. The van der Waals surface area contributed by atoms with E-state index >= 15 is 0 Å². The van der Waals surface area contributed by atoms with Crippen molar-refractivity contribution >= 4 is 22.8 Å². The highest BCUT2D eigenvalue weighted by Crippen LogP contribution is 2.20. The zero-order valence-electron chi connectivity index (χ0n) is 11.9. The van der Waals surface area contributed by atoms with Crippen LogP contribution in [0.15, 0.2) is 24.4 Å². The Morgan fingerprint density at radius 3 is 2.90 bits per heavy atom. The van der Waals surface area contributed by atoms with Crippen molar-refractivity contribution < 1.29 is 14.3 Å². The first-order valence-corrected chi connectivity index (χ1v) is 6.54. The number of carbonyl (C=O) groups is 2. The maximum atomic E-state index is 11.8. The molecule has 0 atom stereocenters. The number of ether oxygens (including phenoxy) is 1. The van der Waals surface area contributed by atoms with E-state index in [1.54, 1.807) is 12.3 Å². The van der Waals surface area contributed by atoms with Gasteiger partial charge in [-0.1, -0.05) is 11.8 Å². The van der Waals surface area contributed by atoms with Gasteiger partial charge in [0.1, 0.15) is 0 Å². The number of carbonyl (C=O) groups excluding carboxylic acids is 2. The third kappa shape index (κ3) is 3.63. The number of rotatable bonds is 3. The molecule has 0 unspecified atom stereocenters. The fourth-order valence-electron chi connectivity index (χ4n) is 1.98. The largest absolute Gasteiger partial charge is 0.465 e. The molecule has 1 aromatic heterocycles. The van der Waals surface area contributed by atoms with Crippen LogP contribution < -0.4 is 5.32 Å². The zero-order valence-corrected chi connectivity index (χ0v) is 11.9. The van der Waals surface area contributed by atoms with Crippen LogP contribution in [0.5, 0.6) is 0 Å². The van der Waals surface area contributed by atoms with Gasteiger partial charge in [0.05, 0.1) is 12.7 Å². The lowest BCUT2D eigenvalue weighted by Gasteiger charge is -2.02. The number of fused-ring (bicyclic) bond motifs is 1. The summed E-state index contributed by atoms with van der Waals surface area (Å²) in [6, 6.07) is 5.43. The summed E-state index contributed by atoms with van der Waals surface area (Å²) in [6.45, 7) is 1.98. The molecule has 5 nitrogen and oxygen atoms in total. The second-order valence-corrected chi connectivity index (χ2v) is 4.49. The van der Waals surface area contributed by atoms with Crippen LogP contribution in [0.4, 0.5) is 0 Å². The molecule has 1 aromatic carbocycles. The molecule has 0 saturated heterocycles. The summed E-state index contributed by atoms with van der Waals surface area (Å²) in [6.07, 6.45) is 2.32. The smallest absolute Gasteiger partial charge is 0.338 e. The number of hydrogen-bond donors (Lipinski definition) is 2. The molecule has 0 saturated carbocycles. The predicted molar refractivity (Wildman–Crippen MR) is 79.8 cm³/mol. The SMILES string of the molecule is COC(=O)c1cc(C#CCCNC(C)=O)cc2[nH]ccc12. The second kappa shape index (κ2) is 6.62. The summed E-state index contributed by atoms with van der Waals surface area (Å²) in [7, 11) is 1.35. The Hall–Kier alpha value is -2.74. The number of nitrogens with one attached hydrogen (secondary N) is 2. The average Bonchev–Trinajstić information content (AvgIpc) is 2.93. The normalized spacial score (nSPS) is 9.81. The van der Waals surface area contributed by atoms with E-state index in [0.29, 0.717) is 18.5 Å². The molecule has 0 aliphatic carbocycles. The molecule has 1 amide bonds. The van der Waals surface area contributed by atoms with E-state index in [2.05, 4.69) is 22.1 Å². The lowest BCUT2D eigenvalue weighted by Crippen LogP contribution is -2.20. The van der Waals surface area contributed by atoms with Gasteiger partial charge in [0, 0.05) is 42.6 Å². The molecular weight excluding hydrogens is 268 g/mol. The number of benzene rings is 1. The van der Waals surface area contributed by atoms with Gasteiger partial charge in [0.15, 0.2) is 0 Å². The van der Waals surface area contributed by atoms with Gasteiger partial charge in [-0.3, -0.25) is 4.79 Å². The first kappa shape index (κ1) is 14.7. The highest BCUT2D eigenvalue weighted by atomic mass is 16.5. The maximum absolute atomic E-state index is 11.8. The van der Waals surface area contributed by atoms with Crippen molar-refractivity contribution in [2.75, 3.05) is 13.7 Å². The van der Waals surface area contributed by atoms with E-state index in [0.717, 1.165) is 16.5 Å². The van der Waals surface area contributed by atoms with Crippen molar-refractivity contribution in [3.8, 4) is 11.8 Å². The molecule has 108 valence electrons. The summed E-state index contributed by atoms with van der Waals surface area (Å²) < 4.78 is 4.79. The van der Waals surface area contributed by atoms with Gasteiger partial charge in [-0.2, -0.15) is 0 Å². The van der Waals surface area contributed by atoms with Gasteiger partial charge in [-0.05, 0) is 18.2 Å². The van der Waals surface area contributed by atoms with Crippen LogP contribution in [0, 0.1) is 11.8 Å². The Balaban J connectivity index is 2.22. The third-order valence-electron chi connectivity index (χ3n) is 2.93. The van der Waals surface area contributed by atoms with E-state index in [-0.39, 0.29) is 11.9 Å². The Morgan fingerprint density at radius 1 is 1.38 bits per heavy atom. The molecule has 2 rings (SSSR count). The topological polar surface area (TPSA) is 71.2 Å². The van der Waals surface area contributed by atoms with Crippen LogP contribution >= 0.6 is 0 Å². The summed E-state index contributed by atoms with van der Waals surface area (Å²) >= 11 is 0.